The van der Waals surface area contributed by atoms with E-state index in [2.05, 4.69) is 0 Å². The average Bonchev–Trinajstić information content (AvgIpc) is 2.39. The molecule has 4 saturated carbocycles. The van der Waals surface area contributed by atoms with Crippen LogP contribution in [-0.4, -0.2) is 5.11 Å². The van der Waals surface area contributed by atoms with Gasteiger partial charge in [0.1, 0.15) is 5.82 Å². The summed E-state index contributed by atoms with van der Waals surface area (Å²) in [6, 6.07) is 5.14. The predicted octanol–water partition coefficient (Wildman–Crippen LogP) is 4.38. The molecule has 1 N–H and O–H groups in total. The molecule has 1 unspecified atom stereocenters. The zero-order chi connectivity index (χ0) is 13.9. The van der Waals surface area contributed by atoms with E-state index in [1.54, 1.807) is 13.0 Å². The van der Waals surface area contributed by atoms with Crippen molar-refractivity contribution in [2.45, 2.75) is 51.6 Å². The van der Waals surface area contributed by atoms with Gasteiger partial charge in [-0.3, -0.25) is 0 Å². The van der Waals surface area contributed by atoms with Crippen molar-refractivity contribution in [2.24, 2.45) is 23.2 Å². The van der Waals surface area contributed by atoms with Crippen molar-refractivity contribution >= 4 is 0 Å². The molecule has 2 heteroatoms. The van der Waals surface area contributed by atoms with Gasteiger partial charge in [0.25, 0.3) is 0 Å². The van der Waals surface area contributed by atoms with Gasteiger partial charge in [0, 0.05) is 5.41 Å². The van der Waals surface area contributed by atoms with E-state index in [0.717, 1.165) is 23.3 Å². The first kappa shape index (κ1) is 12.8. The highest BCUT2D eigenvalue weighted by molar-refractivity contribution is 5.28. The summed E-state index contributed by atoms with van der Waals surface area (Å²) in [5.74, 6) is 2.32. The van der Waals surface area contributed by atoms with Crippen LogP contribution in [0.2, 0.25) is 0 Å². The van der Waals surface area contributed by atoms with Crippen molar-refractivity contribution in [3.63, 3.8) is 0 Å². The normalized spacial score (nSPS) is 40.0. The van der Waals surface area contributed by atoms with Crippen molar-refractivity contribution < 1.29 is 9.50 Å². The Balaban J connectivity index is 1.67. The molecular weight excluding hydrogens is 251 g/mol. The summed E-state index contributed by atoms with van der Waals surface area (Å²) in [7, 11) is 0. The first-order valence-electron chi connectivity index (χ1n) is 8.00. The summed E-state index contributed by atoms with van der Waals surface area (Å²) < 4.78 is 13.4. The third-order valence-electron chi connectivity index (χ3n) is 6.16. The molecule has 0 aromatic heterocycles. The first-order valence-corrected chi connectivity index (χ1v) is 8.00. The Morgan fingerprint density at radius 1 is 1.10 bits per heavy atom. The number of halogens is 1. The van der Waals surface area contributed by atoms with Crippen molar-refractivity contribution in [3.8, 4) is 0 Å². The second kappa shape index (κ2) is 4.30. The van der Waals surface area contributed by atoms with Gasteiger partial charge in [0.15, 0.2) is 0 Å². The molecule has 0 heterocycles. The van der Waals surface area contributed by atoms with Gasteiger partial charge in [0.2, 0.25) is 0 Å². The summed E-state index contributed by atoms with van der Waals surface area (Å²) in [5, 5.41) is 11.0. The molecule has 0 radical (unpaired) electrons. The van der Waals surface area contributed by atoms with E-state index < -0.39 is 6.10 Å². The highest BCUT2D eigenvalue weighted by Crippen LogP contribution is 2.64. The van der Waals surface area contributed by atoms with Crippen molar-refractivity contribution in [2.75, 3.05) is 0 Å². The number of aliphatic hydroxyl groups excluding tert-OH is 1. The van der Waals surface area contributed by atoms with Gasteiger partial charge in [-0.25, -0.2) is 4.39 Å². The molecule has 1 atom stereocenters. The maximum Gasteiger partial charge on any atom is 0.126 e. The maximum atomic E-state index is 13.4. The Kier molecular flexibility index (Phi) is 2.76. The largest absolute Gasteiger partial charge is 0.388 e. The van der Waals surface area contributed by atoms with E-state index in [1.165, 1.54) is 44.6 Å². The van der Waals surface area contributed by atoms with E-state index in [1.807, 2.05) is 6.07 Å². The molecule has 4 bridgehead atoms. The molecule has 0 aliphatic heterocycles. The molecule has 4 aliphatic carbocycles. The summed E-state index contributed by atoms with van der Waals surface area (Å²) in [6.45, 7) is 1.78. The van der Waals surface area contributed by atoms with Gasteiger partial charge >= 0.3 is 0 Å². The molecule has 4 fully saturated rings. The van der Waals surface area contributed by atoms with Gasteiger partial charge in [-0.05, 0) is 80.4 Å². The van der Waals surface area contributed by atoms with Gasteiger partial charge in [-0.15, -0.1) is 0 Å². The number of hydrogen-bond acceptors (Lipinski definition) is 1. The predicted molar refractivity (Wildman–Crippen MR) is 76.7 cm³/mol. The standard InChI is InChI=1S/C18H23FO/c1-11-4-15(2-3-16(11)19)17(20)18-8-12-5-13(9-18)7-14(6-12)10-18/h2-4,12-14,17,20H,5-10H2,1H3. The number of benzene rings is 1. The van der Waals surface area contributed by atoms with E-state index in [-0.39, 0.29) is 11.2 Å². The van der Waals surface area contributed by atoms with Gasteiger partial charge in [0.05, 0.1) is 6.10 Å². The smallest absolute Gasteiger partial charge is 0.126 e. The minimum absolute atomic E-state index is 0.0824. The lowest BCUT2D eigenvalue weighted by Crippen LogP contribution is -2.48. The number of aliphatic hydroxyl groups is 1. The summed E-state index contributed by atoms with van der Waals surface area (Å²) in [6.07, 6.45) is 7.27. The lowest BCUT2D eigenvalue weighted by atomic mass is 9.47. The fourth-order valence-electron chi connectivity index (χ4n) is 5.70. The van der Waals surface area contributed by atoms with Crippen molar-refractivity contribution in [1.29, 1.82) is 0 Å². The van der Waals surface area contributed by atoms with Crippen LogP contribution in [0.15, 0.2) is 18.2 Å². The Bertz CT molecular complexity index is 501. The Labute approximate surface area is 120 Å². The summed E-state index contributed by atoms with van der Waals surface area (Å²) >= 11 is 0. The lowest BCUT2D eigenvalue weighted by Gasteiger charge is -2.58. The zero-order valence-corrected chi connectivity index (χ0v) is 12.1. The van der Waals surface area contributed by atoms with Crippen molar-refractivity contribution in [1.82, 2.24) is 0 Å². The maximum absolute atomic E-state index is 13.4. The molecule has 1 aromatic rings. The van der Waals surface area contributed by atoms with E-state index in [9.17, 15) is 9.50 Å². The Hall–Kier alpha value is -0.890. The van der Waals surface area contributed by atoms with Gasteiger partial charge in [-0.1, -0.05) is 12.1 Å². The van der Waals surface area contributed by atoms with Crippen LogP contribution in [0.4, 0.5) is 4.39 Å². The zero-order valence-electron chi connectivity index (χ0n) is 12.1. The highest BCUT2D eigenvalue weighted by atomic mass is 19.1. The first-order chi connectivity index (χ1) is 9.56. The molecular formula is C18H23FO. The highest BCUT2D eigenvalue weighted by Gasteiger charge is 2.54. The topological polar surface area (TPSA) is 20.2 Å². The Morgan fingerprint density at radius 2 is 1.65 bits per heavy atom. The van der Waals surface area contributed by atoms with Crippen LogP contribution in [-0.2, 0) is 0 Å². The quantitative estimate of drug-likeness (QED) is 0.848. The van der Waals surface area contributed by atoms with E-state index in [0.29, 0.717) is 5.56 Å². The monoisotopic (exact) mass is 274 g/mol. The van der Waals surface area contributed by atoms with Crippen molar-refractivity contribution in [3.05, 3.63) is 35.1 Å². The van der Waals surface area contributed by atoms with Gasteiger partial charge in [-0.2, -0.15) is 0 Å². The fraction of sp³-hybridized carbons (Fsp3) is 0.667. The molecule has 20 heavy (non-hydrogen) atoms. The number of aryl methyl sites for hydroxylation is 1. The van der Waals surface area contributed by atoms with Crippen LogP contribution in [0.25, 0.3) is 0 Å². The number of hydrogen-bond donors (Lipinski definition) is 1. The minimum Gasteiger partial charge on any atom is -0.388 e. The third-order valence-corrected chi connectivity index (χ3v) is 6.16. The summed E-state index contributed by atoms with van der Waals surface area (Å²) in [5.41, 5.74) is 1.65. The third kappa shape index (κ3) is 1.84. The molecule has 1 aromatic carbocycles. The minimum atomic E-state index is -0.407. The second-order valence-electron chi connectivity index (χ2n) is 7.69. The van der Waals surface area contributed by atoms with Crippen LogP contribution in [0.5, 0.6) is 0 Å². The molecule has 4 aliphatic rings. The molecule has 0 amide bonds. The molecule has 0 saturated heterocycles. The van der Waals surface area contributed by atoms with Crippen LogP contribution < -0.4 is 0 Å². The molecule has 108 valence electrons. The fourth-order valence-corrected chi connectivity index (χ4v) is 5.70. The SMILES string of the molecule is Cc1cc(C(O)C23CC4CC(CC(C4)C2)C3)ccc1F. The molecule has 5 rings (SSSR count). The molecule has 1 nitrogen and oxygen atoms in total. The summed E-state index contributed by atoms with van der Waals surface area (Å²) in [4.78, 5) is 0. The van der Waals surface area contributed by atoms with Crippen LogP contribution in [0, 0.1) is 35.9 Å². The van der Waals surface area contributed by atoms with E-state index in [4.69, 9.17) is 0 Å². The Morgan fingerprint density at radius 3 is 2.15 bits per heavy atom. The second-order valence-corrected chi connectivity index (χ2v) is 7.69. The van der Waals surface area contributed by atoms with Gasteiger partial charge < -0.3 is 5.11 Å². The average molecular weight is 274 g/mol. The number of rotatable bonds is 2. The lowest BCUT2D eigenvalue weighted by molar-refractivity contribution is -0.122. The van der Waals surface area contributed by atoms with E-state index >= 15 is 0 Å². The van der Waals surface area contributed by atoms with Crippen LogP contribution in [0.3, 0.4) is 0 Å². The van der Waals surface area contributed by atoms with Crippen LogP contribution >= 0.6 is 0 Å². The van der Waals surface area contributed by atoms with Crippen LogP contribution in [0.1, 0.15) is 55.8 Å². The molecule has 0 spiro atoms.